The lowest BCUT2D eigenvalue weighted by molar-refractivity contribution is 0.198. The molecule has 0 bridgehead atoms. The summed E-state index contributed by atoms with van der Waals surface area (Å²) >= 11 is 0. The summed E-state index contributed by atoms with van der Waals surface area (Å²) in [5.41, 5.74) is 1.09. The number of likely N-dealkylation sites (tertiary alicyclic amines) is 1. The summed E-state index contributed by atoms with van der Waals surface area (Å²) in [6.07, 6.45) is 10.8. The summed E-state index contributed by atoms with van der Waals surface area (Å²) in [5.74, 6) is 2.68. The molecule has 4 rings (SSSR count). The van der Waals surface area contributed by atoms with Gasteiger partial charge >= 0.3 is 0 Å². The quantitative estimate of drug-likeness (QED) is 0.422. The molecule has 0 aromatic heterocycles. The van der Waals surface area contributed by atoms with Crippen molar-refractivity contribution < 1.29 is 9.47 Å². The van der Waals surface area contributed by atoms with Crippen molar-refractivity contribution in [2.75, 3.05) is 39.8 Å². The number of methoxy groups -OCH3 is 1. The van der Waals surface area contributed by atoms with E-state index >= 15 is 0 Å². The molecule has 2 fully saturated rings. The van der Waals surface area contributed by atoms with E-state index in [4.69, 9.17) is 14.5 Å². The Morgan fingerprint density at radius 3 is 2.70 bits per heavy atom. The maximum atomic E-state index is 6.39. The standard InChI is InChI=1S/C24H36N4O2/c1-3-25-24(28-16-13-20(18-28)27-14-6-7-15-27)26-17-19-9-8-12-22(29-2)23(19)30-21-10-4-5-11-21/h6-9,12,20-21H,3-5,10-11,13-18H2,1-2H3,(H,25,26). The predicted octanol–water partition coefficient (Wildman–Crippen LogP) is 3.43. The zero-order chi connectivity index (χ0) is 20.8. The molecular formula is C24H36N4O2. The number of hydrogen-bond acceptors (Lipinski definition) is 4. The van der Waals surface area contributed by atoms with Gasteiger partial charge in [0, 0.05) is 44.3 Å². The number of nitrogens with zero attached hydrogens (tertiary/aromatic N) is 3. The van der Waals surface area contributed by atoms with Gasteiger partial charge in [-0.15, -0.1) is 0 Å². The molecule has 1 saturated heterocycles. The summed E-state index contributed by atoms with van der Waals surface area (Å²) < 4.78 is 12.0. The molecule has 164 valence electrons. The number of rotatable bonds is 7. The number of para-hydroxylation sites is 1. The van der Waals surface area contributed by atoms with E-state index < -0.39 is 0 Å². The van der Waals surface area contributed by atoms with Crippen molar-refractivity contribution in [3.05, 3.63) is 35.9 Å². The van der Waals surface area contributed by atoms with Gasteiger partial charge in [0.25, 0.3) is 0 Å². The highest BCUT2D eigenvalue weighted by Gasteiger charge is 2.29. The second-order valence-corrected chi connectivity index (χ2v) is 8.46. The third-order valence-electron chi connectivity index (χ3n) is 6.43. The van der Waals surface area contributed by atoms with Crippen molar-refractivity contribution in [3.8, 4) is 11.5 Å². The summed E-state index contributed by atoms with van der Waals surface area (Å²) in [4.78, 5) is 9.96. The highest BCUT2D eigenvalue weighted by Crippen LogP contribution is 2.35. The minimum absolute atomic E-state index is 0.297. The fraction of sp³-hybridized carbons (Fsp3) is 0.625. The lowest BCUT2D eigenvalue weighted by atomic mass is 10.1. The van der Waals surface area contributed by atoms with Crippen LogP contribution in [0.25, 0.3) is 0 Å². The first-order valence-electron chi connectivity index (χ1n) is 11.5. The molecule has 0 radical (unpaired) electrons. The molecule has 1 unspecified atom stereocenters. The molecule has 2 aliphatic heterocycles. The van der Waals surface area contributed by atoms with Gasteiger partial charge < -0.3 is 19.7 Å². The van der Waals surface area contributed by atoms with Crippen molar-refractivity contribution in [1.82, 2.24) is 15.1 Å². The lowest BCUT2D eigenvalue weighted by Gasteiger charge is -2.25. The summed E-state index contributed by atoms with van der Waals surface area (Å²) in [6, 6.07) is 6.74. The number of ether oxygens (including phenoxy) is 2. The zero-order valence-electron chi connectivity index (χ0n) is 18.5. The first kappa shape index (κ1) is 21.0. The van der Waals surface area contributed by atoms with E-state index in [1.807, 2.05) is 12.1 Å². The lowest BCUT2D eigenvalue weighted by Crippen LogP contribution is -2.42. The highest BCUT2D eigenvalue weighted by atomic mass is 16.5. The van der Waals surface area contributed by atoms with Crippen LogP contribution in [0.5, 0.6) is 11.5 Å². The van der Waals surface area contributed by atoms with Crippen LogP contribution in [0.1, 0.15) is 44.6 Å². The van der Waals surface area contributed by atoms with Gasteiger partial charge in [0.15, 0.2) is 17.5 Å². The average molecular weight is 413 g/mol. The SMILES string of the molecule is CCNC(=NCc1cccc(OC)c1OC1CCCC1)N1CCC(N2CC=CC2)C1. The van der Waals surface area contributed by atoms with E-state index in [2.05, 4.69) is 40.3 Å². The molecule has 1 aromatic rings. The number of nitrogens with one attached hydrogen (secondary N) is 1. The largest absolute Gasteiger partial charge is 0.493 e. The molecule has 3 aliphatic rings. The second kappa shape index (κ2) is 10.2. The fourth-order valence-electron chi connectivity index (χ4n) is 4.76. The minimum atomic E-state index is 0.297. The van der Waals surface area contributed by atoms with Crippen LogP contribution in [0.4, 0.5) is 0 Å². The smallest absolute Gasteiger partial charge is 0.194 e. The van der Waals surface area contributed by atoms with Crippen LogP contribution in [0.2, 0.25) is 0 Å². The van der Waals surface area contributed by atoms with Crippen molar-refractivity contribution in [2.24, 2.45) is 4.99 Å². The van der Waals surface area contributed by atoms with Gasteiger partial charge in [0.2, 0.25) is 0 Å². The summed E-state index contributed by atoms with van der Waals surface area (Å²) in [7, 11) is 1.71. The van der Waals surface area contributed by atoms with Gasteiger partial charge in [-0.25, -0.2) is 4.99 Å². The van der Waals surface area contributed by atoms with Crippen LogP contribution in [0, 0.1) is 0 Å². The van der Waals surface area contributed by atoms with Gasteiger partial charge in [-0.2, -0.15) is 0 Å². The molecule has 1 aromatic carbocycles. The molecule has 30 heavy (non-hydrogen) atoms. The third kappa shape index (κ3) is 4.91. The molecule has 0 spiro atoms. The molecule has 0 amide bonds. The number of hydrogen-bond donors (Lipinski definition) is 1. The second-order valence-electron chi connectivity index (χ2n) is 8.46. The van der Waals surface area contributed by atoms with E-state index in [0.717, 1.165) is 68.6 Å². The zero-order valence-corrected chi connectivity index (χ0v) is 18.5. The number of aliphatic imine (C=N–C) groups is 1. The first-order chi connectivity index (χ1) is 14.8. The Bertz CT molecular complexity index is 750. The van der Waals surface area contributed by atoms with Crippen LogP contribution in [0.3, 0.4) is 0 Å². The number of guanidine groups is 1. The molecule has 1 aliphatic carbocycles. The van der Waals surface area contributed by atoms with Crippen molar-refractivity contribution in [2.45, 2.75) is 57.7 Å². The molecule has 1 N–H and O–H groups in total. The number of benzene rings is 1. The highest BCUT2D eigenvalue weighted by molar-refractivity contribution is 5.80. The Balaban J connectivity index is 1.47. The Morgan fingerprint density at radius 1 is 1.17 bits per heavy atom. The monoisotopic (exact) mass is 412 g/mol. The van der Waals surface area contributed by atoms with Gasteiger partial charge in [-0.05, 0) is 45.1 Å². The third-order valence-corrected chi connectivity index (χ3v) is 6.43. The average Bonchev–Trinajstić information content (AvgIpc) is 3.54. The van der Waals surface area contributed by atoms with E-state index in [9.17, 15) is 0 Å². The van der Waals surface area contributed by atoms with E-state index in [0.29, 0.717) is 18.7 Å². The summed E-state index contributed by atoms with van der Waals surface area (Å²) in [5, 5.41) is 3.50. The van der Waals surface area contributed by atoms with Crippen molar-refractivity contribution in [3.63, 3.8) is 0 Å². The van der Waals surface area contributed by atoms with E-state index in [1.165, 1.54) is 19.3 Å². The Hall–Kier alpha value is -2.21. The fourth-order valence-corrected chi connectivity index (χ4v) is 4.76. The molecule has 6 nitrogen and oxygen atoms in total. The van der Waals surface area contributed by atoms with Gasteiger partial charge in [0.05, 0.1) is 19.8 Å². The maximum Gasteiger partial charge on any atom is 0.194 e. The van der Waals surface area contributed by atoms with Crippen LogP contribution in [-0.4, -0.2) is 67.7 Å². The van der Waals surface area contributed by atoms with Crippen molar-refractivity contribution in [1.29, 1.82) is 0 Å². The van der Waals surface area contributed by atoms with Crippen LogP contribution in [-0.2, 0) is 6.54 Å². The Morgan fingerprint density at radius 2 is 1.97 bits per heavy atom. The normalized spacial score (nSPS) is 22.8. The molecular weight excluding hydrogens is 376 g/mol. The summed E-state index contributed by atoms with van der Waals surface area (Å²) in [6.45, 7) is 7.85. The minimum Gasteiger partial charge on any atom is -0.493 e. The Kier molecular flexibility index (Phi) is 7.16. The maximum absolute atomic E-state index is 6.39. The molecule has 6 heteroatoms. The Labute approximate surface area is 180 Å². The molecule has 1 atom stereocenters. The predicted molar refractivity (Wildman–Crippen MR) is 121 cm³/mol. The molecule has 1 saturated carbocycles. The van der Waals surface area contributed by atoms with Crippen LogP contribution < -0.4 is 14.8 Å². The van der Waals surface area contributed by atoms with E-state index in [1.54, 1.807) is 7.11 Å². The first-order valence-corrected chi connectivity index (χ1v) is 11.5. The topological polar surface area (TPSA) is 49.3 Å². The van der Waals surface area contributed by atoms with Crippen molar-refractivity contribution >= 4 is 5.96 Å². The van der Waals surface area contributed by atoms with Crippen LogP contribution in [0.15, 0.2) is 35.3 Å². The van der Waals surface area contributed by atoms with Gasteiger partial charge in [0.1, 0.15) is 0 Å². The van der Waals surface area contributed by atoms with Gasteiger partial charge in [-0.3, -0.25) is 4.90 Å². The van der Waals surface area contributed by atoms with E-state index in [-0.39, 0.29) is 0 Å². The molecule has 2 heterocycles. The van der Waals surface area contributed by atoms with Crippen LogP contribution >= 0.6 is 0 Å². The van der Waals surface area contributed by atoms with Gasteiger partial charge in [-0.1, -0.05) is 24.3 Å².